The molecule has 78 valence electrons. The van der Waals surface area contributed by atoms with Gasteiger partial charge in [-0.05, 0) is 25.3 Å². The zero-order chi connectivity index (χ0) is 10.7. The van der Waals surface area contributed by atoms with E-state index in [-0.39, 0.29) is 0 Å². The Hall–Kier alpha value is -1.30. The third-order valence-corrected chi connectivity index (χ3v) is 3.25. The highest BCUT2D eigenvalue weighted by atomic mass is 14.2. The van der Waals surface area contributed by atoms with Crippen LogP contribution in [-0.2, 0) is 0 Å². The van der Waals surface area contributed by atoms with E-state index in [2.05, 4.69) is 56.3 Å². The molecule has 2 rings (SSSR count). The molecule has 0 amide bonds. The van der Waals surface area contributed by atoms with E-state index in [0.717, 1.165) is 0 Å². The van der Waals surface area contributed by atoms with Crippen molar-refractivity contribution in [2.24, 2.45) is 0 Å². The van der Waals surface area contributed by atoms with E-state index in [4.69, 9.17) is 0 Å². The van der Waals surface area contributed by atoms with Gasteiger partial charge < -0.3 is 0 Å². The second-order valence-corrected chi connectivity index (χ2v) is 4.39. The van der Waals surface area contributed by atoms with E-state index < -0.39 is 0 Å². The highest BCUT2D eigenvalue weighted by Crippen LogP contribution is 2.30. The van der Waals surface area contributed by atoms with Crippen LogP contribution in [0.5, 0.6) is 0 Å². The van der Waals surface area contributed by atoms with Gasteiger partial charge in [-0.15, -0.1) is 0 Å². The summed E-state index contributed by atoms with van der Waals surface area (Å²) < 4.78 is 0. The smallest absolute Gasteiger partial charge is 0.00230 e. The summed E-state index contributed by atoms with van der Waals surface area (Å²) in [5, 5.41) is 0. The van der Waals surface area contributed by atoms with E-state index in [0.29, 0.717) is 5.92 Å². The molecule has 0 heteroatoms. The van der Waals surface area contributed by atoms with Crippen LogP contribution in [0.25, 0.3) is 0 Å². The Labute approximate surface area is 92.3 Å². The van der Waals surface area contributed by atoms with Gasteiger partial charge in [-0.2, -0.15) is 0 Å². The Morgan fingerprint density at radius 2 is 1.73 bits per heavy atom. The summed E-state index contributed by atoms with van der Waals surface area (Å²) in [6, 6.07) is 10.8. The first-order valence-electron chi connectivity index (χ1n) is 5.68. The van der Waals surface area contributed by atoms with Crippen molar-refractivity contribution in [3.63, 3.8) is 0 Å². The average Bonchev–Trinajstić information content (AvgIpc) is 2.30. The van der Waals surface area contributed by atoms with Crippen LogP contribution in [0, 0.1) is 0 Å². The van der Waals surface area contributed by atoms with Crippen molar-refractivity contribution in [2.45, 2.75) is 32.6 Å². The molecule has 1 unspecified atom stereocenters. The van der Waals surface area contributed by atoms with E-state index in [1.165, 1.54) is 24.0 Å². The van der Waals surface area contributed by atoms with Crippen LogP contribution < -0.4 is 0 Å². The van der Waals surface area contributed by atoms with Crippen LogP contribution in [0.2, 0.25) is 0 Å². The molecule has 0 saturated carbocycles. The molecule has 1 aromatic carbocycles. The van der Waals surface area contributed by atoms with Gasteiger partial charge in [0.2, 0.25) is 0 Å². The standard InChI is InChI=1S/C15H18/c1-12-8-10-15(11-9-12)13(2)14-6-4-3-5-7-14/h3-8,10,13H,9,11H2,1-2H3. The molecular formula is C15H18. The molecule has 0 radical (unpaired) electrons. The molecule has 1 aromatic rings. The predicted octanol–water partition coefficient (Wildman–Crippen LogP) is 4.46. The molecule has 0 saturated heterocycles. The SMILES string of the molecule is CC1=CC=C(C(C)c2ccccc2)CC1. The van der Waals surface area contributed by atoms with E-state index >= 15 is 0 Å². The number of benzene rings is 1. The first-order chi connectivity index (χ1) is 7.27. The number of rotatable bonds is 2. The molecule has 0 bridgehead atoms. The van der Waals surface area contributed by atoms with Gasteiger partial charge in [0.25, 0.3) is 0 Å². The summed E-state index contributed by atoms with van der Waals surface area (Å²) in [7, 11) is 0. The molecule has 0 heterocycles. The summed E-state index contributed by atoms with van der Waals surface area (Å²) in [5.41, 5.74) is 4.49. The first-order valence-corrected chi connectivity index (χ1v) is 5.68. The van der Waals surface area contributed by atoms with Gasteiger partial charge in [0.15, 0.2) is 0 Å². The van der Waals surface area contributed by atoms with Gasteiger partial charge in [-0.3, -0.25) is 0 Å². The normalized spacial score (nSPS) is 18.0. The monoisotopic (exact) mass is 198 g/mol. The van der Waals surface area contributed by atoms with Crippen LogP contribution in [0.15, 0.2) is 53.6 Å². The minimum Gasteiger partial charge on any atom is -0.0730 e. The minimum absolute atomic E-state index is 0.565. The molecule has 0 fully saturated rings. The molecular weight excluding hydrogens is 180 g/mol. The van der Waals surface area contributed by atoms with Crippen molar-refractivity contribution in [1.29, 1.82) is 0 Å². The van der Waals surface area contributed by atoms with Crippen molar-refractivity contribution >= 4 is 0 Å². The lowest BCUT2D eigenvalue weighted by atomic mass is 9.86. The summed E-state index contributed by atoms with van der Waals surface area (Å²) in [6.45, 7) is 4.51. The summed E-state index contributed by atoms with van der Waals surface area (Å²) in [4.78, 5) is 0. The minimum atomic E-state index is 0.565. The van der Waals surface area contributed by atoms with Crippen molar-refractivity contribution in [3.05, 3.63) is 59.2 Å². The lowest BCUT2D eigenvalue weighted by molar-refractivity contribution is 0.781. The maximum atomic E-state index is 2.30. The van der Waals surface area contributed by atoms with Crippen molar-refractivity contribution < 1.29 is 0 Å². The predicted molar refractivity (Wildman–Crippen MR) is 65.9 cm³/mol. The molecule has 0 nitrogen and oxygen atoms in total. The Morgan fingerprint density at radius 3 is 2.33 bits per heavy atom. The van der Waals surface area contributed by atoms with Gasteiger partial charge in [-0.1, -0.05) is 60.6 Å². The second kappa shape index (κ2) is 4.48. The highest BCUT2D eigenvalue weighted by molar-refractivity contribution is 5.33. The lowest BCUT2D eigenvalue weighted by Crippen LogP contribution is -2.01. The topological polar surface area (TPSA) is 0 Å². The number of hydrogen-bond acceptors (Lipinski definition) is 0. The zero-order valence-electron chi connectivity index (χ0n) is 9.53. The van der Waals surface area contributed by atoms with Crippen LogP contribution in [0.1, 0.15) is 38.2 Å². The summed E-state index contributed by atoms with van der Waals surface area (Å²) >= 11 is 0. The van der Waals surface area contributed by atoms with Gasteiger partial charge in [0.1, 0.15) is 0 Å². The Morgan fingerprint density at radius 1 is 1.00 bits per heavy atom. The maximum absolute atomic E-state index is 2.30. The molecule has 1 aliphatic carbocycles. The summed E-state index contributed by atoms with van der Waals surface area (Å²) in [6.07, 6.45) is 7.01. The maximum Gasteiger partial charge on any atom is 0.00230 e. The average molecular weight is 198 g/mol. The molecule has 0 spiro atoms. The van der Waals surface area contributed by atoms with E-state index in [1.54, 1.807) is 5.57 Å². The molecule has 0 aromatic heterocycles. The van der Waals surface area contributed by atoms with Gasteiger partial charge in [-0.25, -0.2) is 0 Å². The lowest BCUT2D eigenvalue weighted by Gasteiger charge is -2.19. The van der Waals surface area contributed by atoms with Gasteiger partial charge in [0, 0.05) is 5.92 Å². The largest absolute Gasteiger partial charge is 0.0730 e. The Bertz CT molecular complexity index is 382. The van der Waals surface area contributed by atoms with Gasteiger partial charge >= 0.3 is 0 Å². The molecule has 1 atom stereocenters. The second-order valence-electron chi connectivity index (χ2n) is 4.39. The Kier molecular flexibility index (Phi) is 3.05. The van der Waals surface area contributed by atoms with Gasteiger partial charge in [0.05, 0.1) is 0 Å². The fourth-order valence-corrected chi connectivity index (χ4v) is 2.07. The first kappa shape index (κ1) is 10.2. The highest BCUT2D eigenvalue weighted by Gasteiger charge is 2.12. The van der Waals surface area contributed by atoms with Crippen LogP contribution in [0.4, 0.5) is 0 Å². The zero-order valence-corrected chi connectivity index (χ0v) is 9.53. The molecule has 1 aliphatic rings. The number of hydrogen-bond donors (Lipinski definition) is 0. The van der Waals surface area contributed by atoms with Crippen molar-refractivity contribution in [1.82, 2.24) is 0 Å². The quantitative estimate of drug-likeness (QED) is 0.658. The van der Waals surface area contributed by atoms with E-state index in [1.807, 2.05) is 0 Å². The van der Waals surface area contributed by atoms with Crippen LogP contribution in [-0.4, -0.2) is 0 Å². The third kappa shape index (κ3) is 2.38. The van der Waals surface area contributed by atoms with Crippen molar-refractivity contribution in [2.75, 3.05) is 0 Å². The Balaban J connectivity index is 2.19. The summed E-state index contributed by atoms with van der Waals surface area (Å²) in [5.74, 6) is 0.565. The number of allylic oxidation sites excluding steroid dienone is 4. The molecule has 0 aliphatic heterocycles. The molecule has 0 N–H and O–H groups in total. The fourth-order valence-electron chi connectivity index (χ4n) is 2.07. The van der Waals surface area contributed by atoms with E-state index in [9.17, 15) is 0 Å². The molecule has 15 heavy (non-hydrogen) atoms. The van der Waals surface area contributed by atoms with Crippen LogP contribution in [0.3, 0.4) is 0 Å². The third-order valence-electron chi connectivity index (χ3n) is 3.25. The fraction of sp³-hybridized carbons (Fsp3) is 0.333. The van der Waals surface area contributed by atoms with Crippen LogP contribution >= 0.6 is 0 Å². The van der Waals surface area contributed by atoms with Crippen molar-refractivity contribution in [3.8, 4) is 0 Å².